The van der Waals surface area contributed by atoms with Crippen LogP contribution in [0.5, 0.6) is 0 Å². The molecule has 18 heavy (non-hydrogen) atoms. The second kappa shape index (κ2) is 5.60. The third-order valence-electron chi connectivity index (χ3n) is 2.73. The first-order valence-corrected chi connectivity index (χ1v) is 6.60. The Kier molecular flexibility index (Phi) is 4.11. The van der Waals surface area contributed by atoms with Gasteiger partial charge in [-0.2, -0.15) is 0 Å². The number of carbonyl (C=O) groups is 1. The fourth-order valence-electron chi connectivity index (χ4n) is 1.71. The number of Topliss-reactive ketones (excluding diaryl/α,β-unsaturated/α-hetero) is 1. The number of ketones is 1. The molecule has 0 unspecified atom stereocenters. The molecule has 0 atom stereocenters. The Morgan fingerprint density at radius 3 is 2.89 bits per heavy atom. The molecule has 0 aliphatic carbocycles. The number of hydrogen-bond acceptors (Lipinski definition) is 2. The molecule has 0 aliphatic heterocycles. The maximum atomic E-state index is 12.9. The summed E-state index contributed by atoms with van der Waals surface area (Å²) in [5.41, 5.74) is 0.575. The van der Waals surface area contributed by atoms with Crippen LogP contribution in [0.2, 0.25) is 0 Å². The Bertz CT molecular complexity index is 580. The highest BCUT2D eigenvalue weighted by molar-refractivity contribution is 14.1. The Balaban J connectivity index is 2.06. The molecule has 2 aromatic rings. The highest BCUT2D eigenvalue weighted by atomic mass is 127. The third kappa shape index (κ3) is 2.95. The molecule has 94 valence electrons. The third-order valence-corrected chi connectivity index (χ3v) is 3.62. The van der Waals surface area contributed by atoms with Crippen LogP contribution in [0.15, 0.2) is 30.6 Å². The van der Waals surface area contributed by atoms with Gasteiger partial charge in [-0.25, -0.2) is 9.37 Å². The van der Waals surface area contributed by atoms with Crippen molar-refractivity contribution in [2.45, 2.75) is 12.8 Å². The normalized spacial score (nSPS) is 10.6. The number of benzene rings is 1. The van der Waals surface area contributed by atoms with E-state index in [4.69, 9.17) is 0 Å². The molecular formula is C13H12FIN2O. The molecule has 0 fully saturated rings. The van der Waals surface area contributed by atoms with Crippen LogP contribution >= 0.6 is 22.6 Å². The van der Waals surface area contributed by atoms with E-state index in [1.54, 1.807) is 6.20 Å². The highest BCUT2D eigenvalue weighted by Gasteiger charge is 2.12. The molecule has 0 saturated heterocycles. The molecule has 3 nitrogen and oxygen atoms in total. The first-order chi connectivity index (χ1) is 8.58. The topological polar surface area (TPSA) is 34.9 Å². The molecule has 1 aromatic heterocycles. The lowest BCUT2D eigenvalue weighted by Gasteiger charge is -2.04. The average Bonchev–Trinajstić information content (AvgIpc) is 2.72. The van der Waals surface area contributed by atoms with Crippen LogP contribution in [0.4, 0.5) is 4.39 Å². The zero-order valence-electron chi connectivity index (χ0n) is 9.86. The molecule has 0 N–H and O–H groups in total. The van der Waals surface area contributed by atoms with E-state index in [2.05, 4.69) is 4.98 Å². The van der Waals surface area contributed by atoms with Crippen molar-refractivity contribution in [3.8, 4) is 0 Å². The van der Waals surface area contributed by atoms with Crippen molar-refractivity contribution in [3.63, 3.8) is 0 Å². The zero-order valence-corrected chi connectivity index (χ0v) is 12.0. The number of rotatable bonds is 4. The van der Waals surface area contributed by atoms with E-state index < -0.39 is 0 Å². The SMILES string of the molecule is Cn1ccnc1CCC(=O)c1ccc(F)cc1I. The number of halogens is 2. The van der Waals surface area contributed by atoms with Crippen molar-refractivity contribution >= 4 is 28.4 Å². The van der Waals surface area contributed by atoms with Crippen molar-refractivity contribution in [3.05, 3.63) is 51.4 Å². The lowest BCUT2D eigenvalue weighted by Crippen LogP contribution is -2.06. The maximum absolute atomic E-state index is 12.9. The molecule has 0 bridgehead atoms. The summed E-state index contributed by atoms with van der Waals surface area (Å²) >= 11 is 1.98. The van der Waals surface area contributed by atoms with Crippen LogP contribution in [0.1, 0.15) is 22.6 Å². The summed E-state index contributed by atoms with van der Waals surface area (Å²) in [6.07, 6.45) is 4.53. The van der Waals surface area contributed by atoms with Crippen LogP contribution in [-0.2, 0) is 13.5 Å². The molecule has 0 radical (unpaired) electrons. The van der Waals surface area contributed by atoms with E-state index in [1.807, 2.05) is 40.4 Å². The molecule has 0 amide bonds. The first-order valence-electron chi connectivity index (χ1n) is 5.52. The standard InChI is InChI=1S/C13H12FIN2O/c1-17-7-6-16-13(17)5-4-12(18)10-3-2-9(14)8-11(10)15/h2-3,6-8H,4-5H2,1H3. The smallest absolute Gasteiger partial charge is 0.164 e. The van der Waals surface area contributed by atoms with E-state index in [1.165, 1.54) is 18.2 Å². The van der Waals surface area contributed by atoms with Crippen molar-refractivity contribution < 1.29 is 9.18 Å². The van der Waals surface area contributed by atoms with Crippen LogP contribution in [-0.4, -0.2) is 15.3 Å². The molecule has 1 aromatic carbocycles. The molecule has 5 heteroatoms. The fourth-order valence-corrected chi connectivity index (χ4v) is 2.49. The minimum Gasteiger partial charge on any atom is -0.338 e. The van der Waals surface area contributed by atoms with Crippen molar-refractivity contribution in [2.24, 2.45) is 7.05 Å². The molecule has 2 rings (SSSR count). The van der Waals surface area contributed by atoms with Gasteiger partial charge >= 0.3 is 0 Å². The van der Waals surface area contributed by atoms with Gasteiger partial charge in [0, 0.05) is 41.4 Å². The van der Waals surface area contributed by atoms with Gasteiger partial charge in [0.15, 0.2) is 5.78 Å². The zero-order chi connectivity index (χ0) is 13.1. The summed E-state index contributed by atoms with van der Waals surface area (Å²) in [5.74, 6) is 0.572. The minimum absolute atomic E-state index is 0.0161. The van der Waals surface area contributed by atoms with Gasteiger partial charge in [0.25, 0.3) is 0 Å². The number of aromatic nitrogens is 2. The van der Waals surface area contributed by atoms with E-state index in [-0.39, 0.29) is 11.6 Å². The van der Waals surface area contributed by atoms with Crippen LogP contribution in [0.3, 0.4) is 0 Å². The van der Waals surface area contributed by atoms with Gasteiger partial charge in [-0.15, -0.1) is 0 Å². The van der Waals surface area contributed by atoms with Crippen LogP contribution in [0, 0.1) is 9.39 Å². The Morgan fingerprint density at radius 2 is 2.28 bits per heavy atom. The van der Waals surface area contributed by atoms with Crippen molar-refractivity contribution in [1.29, 1.82) is 0 Å². The Hall–Kier alpha value is -1.24. The van der Waals surface area contributed by atoms with Crippen LogP contribution < -0.4 is 0 Å². The highest BCUT2D eigenvalue weighted by Crippen LogP contribution is 2.16. The maximum Gasteiger partial charge on any atom is 0.164 e. The van der Waals surface area contributed by atoms with E-state index in [0.29, 0.717) is 22.0 Å². The number of aryl methyl sites for hydroxylation is 2. The van der Waals surface area contributed by atoms with E-state index in [9.17, 15) is 9.18 Å². The predicted molar refractivity (Wildman–Crippen MR) is 75.0 cm³/mol. The number of hydrogen-bond donors (Lipinski definition) is 0. The summed E-state index contributed by atoms with van der Waals surface area (Å²) in [6, 6.07) is 4.22. The van der Waals surface area contributed by atoms with Crippen molar-refractivity contribution in [1.82, 2.24) is 9.55 Å². The predicted octanol–water partition coefficient (Wildman–Crippen LogP) is 2.98. The average molecular weight is 358 g/mol. The molecule has 0 saturated carbocycles. The summed E-state index contributed by atoms with van der Waals surface area (Å²) in [6.45, 7) is 0. The summed E-state index contributed by atoms with van der Waals surface area (Å²) < 4.78 is 15.5. The summed E-state index contributed by atoms with van der Waals surface area (Å²) in [4.78, 5) is 16.2. The molecule has 0 aliphatic rings. The van der Waals surface area contributed by atoms with Gasteiger partial charge in [0.1, 0.15) is 11.6 Å². The molecular weight excluding hydrogens is 346 g/mol. The summed E-state index contributed by atoms with van der Waals surface area (Å²) in [7, 11) is 1.90. The van der Waals surface area contributed by atoms with Gasteiger partial charge in [0.05, 0.1) is 0 Å². The van der Waals surface area contributed by atoms with Gasteiger partial charge in [-0.05, 0) is 40.8 Å². The first kappa shape index (κ1) is 13.2. The Morgan fingerprint density at radius 1 is 1.50 bits per heavy atom. The molecule has 0 spiro atoms. The molecule has 1 heterocycles. The largest absolute Gasteiger partial charge is 0.338 e. The summed E-state index contributed by atoms with van der Waals surface area (Å²) in [5, 5.41) is 0. The lowest BCUT2D eigenvalue weighted by molar-refractivity contribution is 0.0981. The minimum atomic E-state index is -0.319. The van der Waals surface area contributed by atoms with Gasteiger partial charge < -0.3 is 4.57 Å². The van der Waals surface area contributed by atoms with Gasteiger partial charge in [0.2, 0.25) is 0 Å². The van der Waals surface area contributed by atoms with E-state index in [0.717, 1.165) is 5.82 Å². The number of nitrogens with zero attached hydrogens (tertiary/aromatic N) is 2. The lowest BCUT2D eigenvalue weighted by atomic mass is 10.1. The Labute approximate surface area is 118 Å². The second-order valence-electron chi connectivity index (χ2n) is 4.00. The fraction of sp³-hybridized carbons (Fsp3) is 0.231. The number of carbonyl (C=O) groups excluding carboxylic acids is 1. The second-order valence-corrected chi connectivity index (χ2v) is 5.16. The van der Waals surface area contributed by atoms with E-state index >= 15 is 0 Å². The quantitative estimate of drug-likeness (QED) is 0.622. The van der Waals surface area contributed by atoms with Crippen LogP contribution in [0.25, 0.3) is 0 Å². The van der Waals surface area contributed by atoms with Gasteiger partial charge in [-0.3, -0.25) is 4.79 Å². The van der Waals surface area contributed by atoms with Crippen molar-refractivity contribution in [2.75, 3.05) is 0 Å². The van der Waals surface area contributed by atoms with Gasteiger partial charge in [-0.1, -0.05) is 0 Å². The monoisotopic (exact) mass is 358 g/mol. The number of imidazole rings is 1.